The van der Waals surface area contributed by atoms with E-state index in [1.54, 1.807) is 0 Å². The molecule has 1 aromatic heterocycles. The number of nitrogens with zero attached hydrogens (tertiary/aromatic N) is 3. The van der Waals surface area contributed by atoms with Crippen LogP contribution in [0.25, 0.3) is 0 Å². The smallest absolute Gasteiger partial charge is 0.101 e. The van der Waals surface area contributed by atoms with Crippen LogP contribution in [0.3, 0.4) is 0 Å². The predicted octanol–water partition coefficient (Wildman–Crippen LogP) is 2.55. The molecule has 0 N–H and O–H groups in total. The summed E-state index contributed by atoms with van der Waals surface area (Å²) in [7, 11) is 0. The highest BCUT2D eigenvalue weighted by molar-refractivity contribution is 6.16. The zero-order chi connectivity index (χ0) is 10.1. The maximum absolute atomic E-state index is 5.84. The number of rotatable bonds is 4. The summed E-state index contributed by atoms with van der Waals surface area (Å²) in [5.41, 5.74) is 2.21. The minimum absolute atomic E-state index is 0.383. The molecule has 0 spiro atoms. The van der Waals surface area contributed by atoms with Crippen LogP contribution in [0.4, 0.5) is 0 Å². The van der Waals surface area contributed by atoms with Crippen molar-refractivity contribution in [2.75, 3.05) is 0 Å². The maximum atomic E-state index is 5.84. The predicted molar refractivity (Wildman–Crippen MR) is 56.4 cm³/mol. The molecule has 0 amide bonds. The second-order valence-corrected chi connectivity index (χ2v) is 4.57. The first-order valence-corrected chi connectivity index (χ1v) is 5.74. The van der Waals surface area contributed by atoms with Crippen molar-refractivity contribution >= 4 is 11.6 Å². The largest absolute Gasteiger partial charge is 0.247 e. The van der Waals surface area contributed by atoms with Gasteiger partial charge in [0, 0.05) is 6.04 Å². The topological polar surface area (TPSA) is 30.7 Å². The van der Waals surface area contributed by atoms with Crippen LogP contribution in [-0.4, -0.2) is 15.0 Å². The lowest BCUT2D eigenvalue weighted by Gasteiger charge is -2.09. The normalized spacial score (nSPS) is 16.6. The van der Waals surface area contributed by atoms with Crippen LogP contribution in [0.2, 0.25) is 0 Å². The first-order valence-electron chi connectivity index (χ1n) is 5.21. The summed E-state index contributed by atoms with van der Waals surface area (Å²) in [4.78, 5) is 0. The van der Waals surface area contributed by atoms with Gasteiger partial charge in [-0.05, 0) is 39.0 Å². The molecular formula is C10H16ClN3. The molecule has 1 saturated carbocycles. The highest BCUT2D eigenvalue weighted by Crippen LogP contribution is 2.33. The molecular weight excluding hydrogens is 198 g/mol. The average Bonchev–Trinajstić information content (AvgIpc) is 2.84. The zero-order valence-corrected chi connectivity index (χ0v) is 9.46. The molecule has 2 rings (SSSR count). The van der Waals surface area contributed by atoms with E-state index >= 15 is 0 Å². The van der Waals surface area contributed by atoms with Crippen molar-refractivity contribution < 1.29 is 0 Å². The molecule has 1 aromatic rings. The Morgan fingerprint density at radius 3 is 2.71 bits per heavy atom. The molecule has 0 aromatic carbocycles. The van der Waals surface area contributed by atoms with E-state index < -0.39 is 0 Å². The lowest BCUT2D eigenvalue weighted by molar-refractivity contribution is 0.488. The van der Waals surface area contributed by atoms with E-state index in [1.807, 2.05) is 4.68 Å². The zero-order valence-electron chi connectivity index (χ0n) is 8.70. The Morgan fingerprint density at radius 1 is 1.50 bits per heavy atom. The molecule has 3 nitrogen and oxygen atoms in total. The number of alkyl halides is 1. The Labute approximate surface area is 89.4 Å². The van der Waals surface area contributed by atoms with Crippen LogP contribution in [0.15, 0.2) is 0 Å². The lowest BCUT2D eigenvalue weighted by atomic mass is 10.2. The van der Waals surface area contributed by atoms with Crippen molar-refractivity contribution in [3.63, 3.8) is 0 Å². The van der Waals surface area contributed by atoms with Crippen LogP contribution >= 0.6 is 11.6 Å². The Hall–Kier alpha value is -0.570. The van der Waals surface area contributed by atoms with Gasteiger partial charge in [0.05, 0.1) is 11.6 Å². The summed E-state index contributed by atoms with van der Waals surface area (Å²) in [6.07, 6.45) is 3.81. The van der Waals surface area contributed by atoms with Gasteiger partial charge in [-0.2, -0.15) is 0 Å². The first-order chi connectivity index (χ1) is 6.72. The fourth-order valence-corrected chi connectivity index (χ4v) is 1.88. The van der Waals surface area contributed by atoms with E-state index in [0.29, 0.717) is 11.9 Å². The number of aromatic nitrogens is 3. The first kappa shape index (κ1) is 9.97. The van der Waals surface area contributed by atoms with Gasteiger partial charge in [-0.3, -0.25) is 0 Å². The van der Waals surface area contributed by atoms with Gasteiger partial charge < -0.3 is 0 Å². The molecule has 1 fully saturated rings. The van der Waals surface area contributed by atoms with Gasteiger partial charge in [-0.1, -0.05) is 5.21 Å². The second kappa shape index (κ2) is 3.89. The van der Waals surface area contributed by atoms with Crippen molar-refractivity contribution in [1.29, 1.82) is 0 Å². The SMILES string of the molecule is CC(C)n1nnc(CCl)c1CC1CC1. The summed E-state index contributed by atoms with van der Waals surface area (Å²) in [6, 6.07) is 0.383. The molecule has 0 aliphatic heterocycles. The third-order valence-corrected chi connectivity index (χ3v) is 2.92. The molecule has 0 saturated heterocycles. The van der Waals surface area contributed by atoms with Gasteiger partial charge in [-0.25, -0.2) is 4.68 Å². The number of hydrogen-bond acceptors (Lipinski definition) is 2. The van der Waals surface area contributed by atoms with Crippen molar-refractivity contribution in [1.82, 2.24) is 15.0 Å². The average molecular weight is 214 g/mol. The third kappa shape index (κ3) is 1.92. The van der Waals surface area contributed by atoms with Crippen molar-refractivity contribution in [3.8, 4) is 0 Å². The summed E-state index contributed by atoms with van der Waals surface area (Å²) in [6.45, 7) is 4.26. The minimum atomic E-state index is 0.383. The van der Waals surface area contributed by atoms with Crippen molar-refractivity contribution in [2.45, 2.75) is 45.0 Å². The Kier molecular flexibility index (Phi) is 2.77. The van der Waals surface area contributed by atoms with Crippen molar-refractivity contribution in [2.24, 2.45) is 5.92 Å². The molecule has 0 bridgehead atoms. The van der Waals surface area contributed by atoms with E-state index in [0.717, 1.165) is 18.0 Å². The minimum Gasteiger partial charge on any atom is -0.247 e. The molecule has 0 unspecified atom stereocenters. The summed E-state index contributed by atoms with van der Waals surface area (Å²) in [5, 5.41) is 8.27. The van der Waals surface area contributed by atoms with Gasteiger partial charge in [-0.15, -0.1) is 16.7 Å². The second-order valence-electron chi connectivity index (χ2n) is 4.30. The fourth-order valence-electron chi connectivity index (χ4n) is 1.67. The van der Waals surface area contributed by atoms with E-state index in [2.05, 4.69) is 24.2 Å². The van der Waals surface area contributed by atoms with Crippen LogP contribution in [0, 0.1) is 5.92 Å². The monoisotopic (exact) mass is 213 g/mol. The fraction of sp³-hybridized carbons (Fsp3) is 0.800. The van der Waals surface area contributed by atoms with Gasteiger partial charge >= 0.3 is 0 Å². The van der Waals surface area contributed by atoms with Crippen LogP contribution in [0.5, 0.6) is 0 Å². The molecule has 0 radical (unpaired) electrons. The molecule has 1 aliphatic carbocycles. The van der Waals surface area contributed by atoms with E-state index in [4.69, 9.17) is 11.6 Å². The molecule has 14 heavy (non-hydrogen) atoms. The Morgan fingerprint density at radius 2 is 2.21 bits per heavy atom. The van der Waals surface area contributed by atoms with Crippen LogP contribution in [-0.2, 0) is 12.3 Å². The number of hydrogen-bond donors (Lipinski definition) is 0. The highest BCUT2D eigenvalue weighted by atomic mass is 35.5. The van der Waals surface area contributed by atoms with Gasteiger partial charge in [0.15, 0.2) is 0 Å². The van der Waals surface area contributed by atoms with E-state index in [-0.39, 0.29) is 0 Å². The molecule has 78 valence electrons. The molecule has 1 aliphatic rings. The lowest BCUT2D eigenvalue weighted by Crippen LogP contribution is -2.09. The maximum Gasteiger partial charge on any atom is 0.101 e. The standard InChI is InChI=1S/C10H16ClN3/c1-7(2)14-10(5-8-3-4-8)9(6-11)12-13-14/h7-8H,3-6H2,1-2H3. The van der Waals surface area contributed by atoms with E-state index in [1.165, 1.54) is 18.5 Å². The van der Waals surface area contributed by atoms with E-state index in [9.17, 15) is 0 Å². The molecule has 1 heterocycles. The summed E-state index contributed by atoms with van der Waals surface area (Å²) in [5.74, 6) is 1.34. The quantitative estimate of drug-likeness (QED) is 0.720. The van der Waals surface area contributed by atoms with Gasteiger partial charge in [0.2, 0.25) is 0 Å². The summed E-state index contributed by atoms with van der Waals surface area (Å²) >= 11 is 5.84. The Balaban J connectivity index is 2.24. The van der Waals surface area contributed by atoms with Crippen LogP contribution < -0.4 is 0 Å². The Bertz CT molecular complexity index is 315. The molecule has 4 heteroatoms. The van der Waals surface area contributed by atoms with Crippen LogP contribution in [0.1, 0.15) is 44.1 Å². The third-order valence-electron chi connectivity index (χ3n) is 2.67. The summed E-state index contributed by atoms with van der Waals surface area (Å²) < 4.78 is 2.01. The molecule has 0 atom stereocenters. The van der Waals surface area contributed by atoms with Crippen molar-refractivity contribution in [3.05, 3.63) is 11.4 Å². The van der Waals surface area contributed by atoms with Gasteiger partial charge in [0.25, 0.3) is 0 Å². The van der Waals surface area contributed by atoms with Gasteiger partial charge in [0.1, 0.15) is 5.69 Å². The number of halogens is 1. The highest BCUT2D eigenvalue weighted by Gasteiger charge is 2.26.